The van der Waals surface area contributed by atoms with Gasteiger partial charge in [0.25, 0.3) is 0 Å². The Morgan fingerprint density at radius 1 is 1.25 bits per heavy atom. The molecule has 0 saturated carbocycles. The molecule has 86 valence electrons. The Kier molecular flexibility index (Phi) is 2.73. The molecule has 2 rings (SSSR count). The molecule has 0 spiro atoms. The van der Waals surface area contributed by atoms with Gasteiger partial charge in [0.05, 0.1) is 6.21 Å². The van der Waals surface area contributed by atoms with Gasteiger partial charge in [0.15, 0.2) is 11.5 Å². The van der Waals surface area contributed by atoms with Crippen molar-refractivity contribution < 1.29 is 14.3 Å². The molecule has 4 heteroatoms. The largest absolute Gasteiger partial charge is 0.454 e. The summed E-state index contributed by atoms with van der Waals surface area (Å²) < 4.78 is 10.5. The van der Waals surface area contributed by atoms with Crippen molar-refractivity contribution in [1.82, 2.24) is 0 Å². The summed E-state index contributed by atoms with van der Waals surface area (Å²) in [4.78, 5) is 5.25. The van der Waals surface area contributed by atoms with Crippen LogP contribution in [0.3, 0.4) is 0 Å². The van der Waals surface area contributed by atoms with Crippen LogP contribution in [0.4, 0.5) is 0 Å². The summed E-state index contributed by atoms with van der Waals surface area (Å²) in [6.45, 7) is 6.13. The Labute approximate surface area is 94.8 Å². The molecule has 0 bridgehead atoms. The maximum absolute atomic E-state index is 5.26. The van der Waals surface area contributed by atoms with E-state index in [9.17, 15) is 0 Å². The summed E-state index contributed by atoms with van der Waals surface area (Å²) in [6.07, 6.45) is 1.66. The second-order valence-electron chi connectivity index (χ2n) is 4.55. The van der Waals surface area contributed by atoms with Crippen molar-refractivity contribution in [3.63, 3.8) is 0 Å². The average molecular weight is 221 g/mol. The van der Waals surface area contributed by atoms with Crippen molar-refractivity contribution in [2.75, 3.05) is 6.79 Å². The number of oxime groups is 1. The topological polar surface area (TPSA) is 40.0 Å². The Morgan fingerprint density at radius 2 is 2.00 bits per heavy atom. The predicted octanol–water partition coefficient (Wildman–Crippen LogP) is 2.56. The van der Waals surface area contributed by atoms with Gasteiger partial charge in [0.2, 0.25) is 6.79 Å². The van der Waals surface area contributed by atoms with E-state index >= 15 is 0 Å². The minimum atomic E-state index is -0.271. The van der Waals surface area contributed by atoms with Crippen molar-refractivity contribution >= 4 is 6.21 Å². The summed E-state index contributed by atoms with van der Waals surface area (Å²) in [6, 6.07) is 5.64. The highest BCUT2D eigenvalue weighted by Crippen LogP contribution is 2.31. The second-order valence-corrected chi connectivity index (χ2v) is 4.55. The minimum Gasteiger partial charge on any atom is -0.454 e. The van der Waals surface area contributed by atoms with E-state index in [0.29, 0.717) is 0 Å². The van der Waals surface area contributed by atoms with Gasteiger partial charge >= 0.3 is 0 Å². The van der Waals surface area contributed by atoms with E-state index in [1.165, 1.54) is 0 Å². The molecule has 0 atom stereocenters. The smallest absolute Gasteiger partial charge is 0.231 e. The van der Waals surface area contributed by atoms with Crippen LogP contribution in [0.5, 0.6) is 11.5 Å². The Bertz CT molecular complexity index is 407. The number of rotatable bonds is 2. The monoisotopic (exact) mass is 221 g/mol. The van der Waals surface area contributed by atoms with Gasteiger partial charge in [-0.3, -0.25) is 0 Å². The van der Waals surface area contributed by atoms with Gasteiger partial charge in [0, 0.05) is 5.56 Å². The first-order valence-electron chi connectivity index (χ1n) is 5.16. The van der Waals surface area contributed by atoms with Gasteiger partial charge in [-0.1, -0.05) is 5.16 Å². The number of hydrogen-bond donors (Lipinski definition) is 0. The highest BCUT2D eigenvalue weighted by molar-refractivity contribution is 5.80. The molecule has 0 aliphatic carbocycles. The lowest BCUT2D eigenvalue weighted by Gasteiger charge is -2.14. The van der Waals surface area contributed by atoms with Gasteiger partial charge in [-0.2, -0.15) is 0 Å². The molecular weight excluding hydrogens is 206 g/mol. The van der Waals surface area contributed by atoms with Crippen molar-refractivity contribution in [3.8, 4) is 11.5 Å². The summed E-state index contributed by atoms with van der Waals surface area (Å²) in [7, 11) is 0. The molecule has 16 heavy (non-hydrogen) atoms. The quantitative estimate of drug-likeness (QED) is 0.569. The molecule has 1 heterocycles. The normalized spacial score (nSPS) is 14.4. The zero-order valence-electron chi connectivity index (χ0n) is 9.69. The fraction of sp³-hybridized carbons (Fsp3) is 0.417. The molecule has 4 nitrogen and oxygen atoms in total. The van der Waals surface area contributed by atoms with Crippen LogP contribution < -0.4 is 9.47 Å². The van der Waals surface area contributed by atoms with Crippen molar-refractivity contribution in [1.29, 1.82) is 0 Å². The van der Waals surface area contributed by atoms with Gasteiger partial charge in [-0.05, 0) is 39.0 Å². The van der Waals surface area contributed by atoms with Crippen LogP contribution in [-0.4, -0.2) is 18.6 Å². The van der Waals surface area contributed by atoms with Gasteiger partial charge in [-0.25, -0.2) is 0 Å². The number of fused-ring (bicyclic) bond motifs is 1. The zero-order valence-corrected chi connectivity index (χ0v) is 9.69. The van der Waals surface area contributed by atoms with E-state index in [1.54, 1.807) is 6.21 Å². The molecule has 0 saturated heterocycles. The van der Waals surface area contributed by atoms with E-state index in [4.69, 9.17) is 14.3 Å². The van der Waals surface area contributed by atoms with Crippen molar-refractivity contribution in [3.05, 3.63) is 23.8 Å². The van der Waals surface area contributed by atoms with Crippen LogP contribution in [0.15, 0.2) is 23.4 Å². The number of ether oxygens (including phenoxy) is 2. The molecule has 1 aromatic rings. The summed E-state index contributed by atoms with van der Waals surface area (Å²) in [5.74, 6) is 1.52. The standard InChI is InChI=1S/C12H15NO3/c1-12(2,3)16-13-7-9-4-5-10-11(6-9)15-8-14-10/h4-7H,8H2,1-3H3. The SMILES string of the molecule is CC(C)(C)ON=Cc1ccc2c(c1)OCO2. The lowest BCUT2D eigenvalue weighted by Crippen LogP contribution is -2.15. The van der Waals surface area contributed by atoms with Crippen LogP contribution >= 0.6 is 0 Å². The third-order valence-electron chi connectivity index (χ3n) is 1.92. The van der Waals surface area contributed by atoms with Crippen LogP contribution in [0.1, 0.15) is 26.3 Å². The minimum absolute atomic E-state index is 0.271. The van der Waals surface area contributed by atoms with Crippen molar-refractivity contribution in [2.45, 2.75) is 26.4 Å². The molecule has 0 N–H and O–H groups in total. The van der Waals surface area contributed by atoms with Crippen LogP contribution in [-0.2, 0) is 4.84 Å². The molecule has 1 aromatic carbocycles. The van der Waals surface area contributed by atoms with E-state index in [0.717, 1.165) is 17.1 Å². The van der Waals surface area contributed by atoms with Gasteiger partial charge in [0.1, 0.15) is 5.60 Å². The molecular formula is C12H15NO3. The predicted molar refractivity (Wildman–Crippen MR) is 61.0 cm³/mol. The third kappa shape index (κ3) is 2.66. The fourth-order valence-corrected chi connectivity index (χ4v) is 1.24. The average Bonchev–Trinajstić information content (AvgIpc) is 2.62. The zero-order chi connectivity index (χ0) is 11.6. The molecule has 0 radical (unpaired) electrons. The summed E-state index contributed by atoms with van der Waals surface area (Å²) >= 11 is 0. The van der Waals surface area contributed by atoms with E-state index in [-0.39, 0.29) is 12.4 Å². The van der Waals surface area contributed by atoms with Gasteiger partial charge in [-0.15, -0.1) is 0 Å². The number of benzene rings is 1. The van der Waals surface area contributed by atoms with Crippen LogP contribution in [0.25, 0.3) is 0 Å². The molecule has 1 aliphatic heterocycles. The summed E-state index contributed by atoms with van der Waals surface area (Å²) in [5, 5.41) is 3.92. The Morgan fingerprint density at radius 3 is 2.75 bits per heavy atom. The highest BCUT2D eigenvalue weighted by atomic mass is 16.7. The first kappa shape index (κ1) is 10.8. The maximum Gasteiger partial charge on any atom is 0.231 e. The van der Waals surface area contributed by atoms with E-state index in [2.05, 4.69) is 5.16 Å². The highest BCUT2D eigenvalue weighted by Gasteiger charge is 2.13. The van der Waals surface area contributed by atoms with Crippen LogP contribution in [0, 0.1) is 0 Å². The molecule has 1 aliphatic rings. The van der Waals surface area contributed by atoms with Crippen LogP contribution in [0.2, 0.25) is 0 Å². The van der Waals surface area contributed by atoms with E-state index < -0.39 is 0 Å². The van der Waals surface area contributed by atoms with E-state index in [1.807, 2.05) is 39.0 Å². The first-order chi connectivity index (χ1) is 7.54. The summed E-state index contributed by atoms with van der Waals surface area (Å²) in [5.41, 5.74) is 0.654. The first-order valence-corrected chi connectivity index (χ1v) is 5.16. The molecule has 0 fully saturated rings. The molecule has 0 amide bonds. The number of nitrogens with zero attached hydrogens (tertiary/aromatic N) is 1. The molecule has 0 aromatic heterocycles. The molecule has 0 unspecified atom stereocenters. The lowest BCUT2D eigenvalue weighted by atomic mass is 10.2. The lowest BCUT2D eigenvalue weighted by molar-refractivity contribution is 0.00199. The fourth-order valence-electron chi connectivity index (χ4n) is 1.24. The van der Waals surface area contributed by atoms with Crippen molar-refractivity contribution in [2.24, 2.45) is 5.16 Å². The maximum atomic E-state index is 5.26. The Balaban J connectivity index is 2.05. The third-order valence-corrected chi connectivity index (χ3v) is 1.92. The second kappa shape index (κ2) is 4.04. The van der Waals surface area contributed by atoms with Gasteiger partial charge < -0.3 is 14.3 Å². The number of hydrogen-bond acceptors (Lipinski definition) is 4. The Hall–Kier alpha value is -1.71.